The maximum Gasteiger partial charge on any atom is -0.00934 e. The van der Waals surface area contributed by atoms with Gasteiger partial charge in [-0.25, -0.2) is 0 Å². The Bertz CT molecular complexity index is 64.6. The van der Waals surface area contributed by atoms with Crippen LogP contribution in [0.5, 0.6) is 0 Å². The second-order valence-electron chi connectivity index (χ2n) is 0.793. The van der Waals surface area contributed by atoms with E-state index in [4.69, 9.17) is 0 Å². The van der Waals surface area contributed by atoms with E-state index in [1.54, 1.807) is 11.3 Å². The summed E-state index contributed by atoms with van der Waals surface area (Å²) in [5.41, 5.74) is 4.50. The van der Waals surface area contributed by atoms with E-state index in [1.807, 2.05) is 22.9 Å². The Balaban J connectivity index is 0.000000162. The van der Waals surface area contributed by atoms with Crippen molar-refractivity contribution in [1.29, 1.82) is 0 Å². The summed E-state index contributed by atoms with van der Waals surface area (Å²) in [6, 6.07) is 4.04. The highest BCUT2D eigenvalue weighted by Gasteiger charge is 1.58. The van der Waals surface area contributed by atoms with Gasteiger partial charge in [-0.1, -0.05) is 12.1 Å². The van der Waals surface area contributed by atoms with Crippen molar-refractivity contribution in [2.45, 2.75) is 0 Å². The van der Waals surface area contributed by atoms with Gasteiger partial charge in [-0.15, -0.1) is 0 Å². The van der Waals surface area contributed by atoms with E-state index < -0.39 is 0 Å². The Hall–Kier alpha value is -0.340. The standard InChI is InChI=1S/C4H4S.CH5N/c1-2-4-5-3-1;1-2/h1-4H;2H2,1H3. The summed E-state index contributed by atoms with van der Waals surface area (Å²) < 4.78 is 0. The van der Waals surface area contributed by atoms with Gasteiger partial charge in [0.15, 0.2) is 0 Å². The van der Waals surface area contributed by atoms with E-state index >= 15 is 0 Å². The molecule has 1 rings (SSSR count). The van der Waals surface area contributed by atoms with Crippen molar-refractivity contribution in [2.24, 2.45) is 5.73 Å². The molecule has 40 valence electrons. The van der Waals surface area contributed by atoms with Gasteiger partial charge in [0, 0.05) is 0 Å². The summed E-state index contributed by atoms with van der Waals surface area (Å²) in [7, 11) is 1.50. The van der Waals surface area contributed by atoms with Gasteiger partial charge in [-0.2, -0.15) is 11.3 Å². The first-order valence-corrected chi connectivity index (χ1v) is 2.99. The van der Waals surface area contributed by atoms with E-state index in [2.05, 4.69) is 5.73 Å². The molecule has 0 radical (unpaired) electrons. The van der Waals surface area contributed by atoms with Crippen LogP contribution in [0.3, 0.4) is 0 Å². The molecule has 0 aliphatic heterocycles. The largest absolute Gasteiger partial charge is 0.333 e. The predicted molar refractivity (Wildman–Crippen MR) is 34.4 cm³/mol. The molecule has 0 aromatic carbocycles. The Morgan fingerprint density at radius 2 is 1.57 bits per heavy atom. The molecule has 2 N–H and O–H groups in total. The molecule has 2 heteroatoms. The average Bonchev–Trinajstić information content (AvgIpc) is 2.23. The maximum absolute atomic E-state index is 4.50. The van der Waals surface area contributed by atoms with Crippen LogP contribution >= 0.6 is 11.3 Å². The third-order valence-electron chi connectivity index (χ3n) is 0.425. The molecule has 0 unspecified atom stereocenters. The van der Waals surface area contributed by atoms with Crippen molar-refractivity contribution in [3.8, 4) is 0 Å². The molecule has 0 saturated carbocycles. The van der Waals surface area contributed by atoms with Crippen LogP contribution in [0.25, 0.3) is 0 Å². The van der Waals surface area contributed by atoms with Crippen molar-refractivity contribution in [3.05, 3.63) is 22.9 Å². The summed E-state index contributed by atoms with van der Waals surface area (Å²) in [5.74, 6) is 0. The van der Waals surface area contributed by atoms with Crippen LogP contribution in [-0.2, 0) is 0 Å². The topological polar surface area (TPSA) is 26.0 Å². The number of nitrogens with two attached hydrogens (primary N) is 1. The van der Waals surface area contributed by atoms with Crippen LogP contribution in [0.1, 0.15) is 0 Å². The fourth-order valence-electron chi connectivity index (χ4n) is 0.227. The Labute approximate surface area is 47.8 Å². The Kier molecular flexibility index (Phi) is 5.39. The molecular formula is C5H9NS. The Morgan fingerprint density at radius 3 is 1.71 bits per heavy atom. The monoisotopic (exact) mass is 115 g/mol. The minimum Gasteiger partial charge on any atom is -0.333 e. The van der Waals surface area contributed by atoms with E-state index in [0.717, 1.165) is 0 Å². The molecule has 0 saturated heterocycles. The van der Waals surface area contributed by atoms with Crippen molar-refractivity contribution in [2.75, 3.05) is 7.05 Å². The zero-order chi connectivity index (χ0) is 5.54. The van der Waals surface area contributed by atoms with Crippen molar-refractivity contribution < 1.29 is 0 Å². The molecule has 1 aromatic heterocycles. The average molecular weight is 115 g/mol. The van der Waals surface area contributed by atoms with Gasteiger partial charge in [-0.05, 0) is 17.8 Å². The van der Waals surface area contributed by atoms with E-state index in [1.165, 1.54) is 7.05 Å². The molecule has 1 nitrogen and oxygen atoms in total. The van der Waals surface area contributed by atoms with Crippen molar-refractivity contribution in [3.63, 3.8) is 0 Å². The van der Waals surface area contributed by atoms with Crippen LogP contribution in [0.2, 0.25) is 0 Å². The van der Waals surface area contributed by atoms with Gasteiger partial charge < -0.3 is 5.73 Å². The molecule has 0 fully saturated rings. The highest BCUT2D eigenvalue weighted by Crippen LogP contribution is 1.91. The minimum absolute atomic E-state index is 1.50. The summed E-state index contributed by atoms with van der Waals surface area (Å²) in [6.07, 6.45) is 0. The van der Waals surface area contributed by atoms with Gasteiger partial charge in [0.2, 0.25) is 0 Å². The molecule has 0 amide bonds. The molecule has 0 atom stereocenters. The third kappa shape index (κ3) is 3.49. The van der Waals surface area contributed by atoms with Crippen LogP contribution in [0.4, 0.5) is 0 Å². The van der Waals surface area contributed by atoms with Gasteiger partial charge >= 0.3 is 0 Å². The predicted octanol–water partition coefficient (Wildman–Crippen LogP) is 1.32. The highest BCUT2D eigenvalue weighted by molar-refractivity contribution is 7.07. The molecular weight excluding hydrogens is 106 g/mol. The first kappa shape index (κ1) is 6.66. The molecule has 0 spiro atoms. The lowest BCUT2D eigenvalue weighted by Gasteiger charge is -1.39. The molecule has 0 aliphatic carbocycles. The molecule has 0 bridgehead atoms. The van der Waals surface area contributed by atoms with Gasteiger partial charge in [-0.3, -0.25) is 0 Å². The first-order chi connectivity index (χ1) is 3.50. The van der Waals surface area contributed by atoms with Gasteiger partial charge in [0.25, 0.3) is 0 Å². The fourth-order valence-corrected chi connectivity index (χ4v) is 0.680. The number of thiophene rings is 1. The van der Waals surface area contributed by atoms with Crippen molar-refractivity contribution in [1.82, 2.24) is 0 Å². The summed E-state index contributed by atoms with van der Waals surface area (Å²) in [5, 5.41) is 4.08. The van der Waals surface area contributed by atoms with Crippen LogP contribution in [0, 0.1) is 0 Å². The van der Waals surface area contributed by atoms with Crippen LogP contribution < -0.4 is 5.73 Å². The minimum atomic E-state index is 1.50. The lowest BCUT2D eigenvalue weighted by Crippen LogP contribution is -1.69. The number of hydrogen-bond acceptors (Lipinski definition) is 2. The quantitative estimate of drug-likeness (QED) is 0.542. The third-order valence-corrected chi connectivity index (χ3v) is 1.05. The lowest BCUT2D eigenvalue weighted by atomic mass is 10.7. The number of hydrogen-bond donors (Lipinski definition) is 1. The smallest absolute Gasteiger partial charge is 0.00934 e. The highest BCUT2D eigenvalue weighted by atomic mass is 32.1. The second kappa shape index (κ2) is 5.66. The van der Waals surface area contributed by atoms with Gasteiger partial charge in [0.05, 0.1) is 0 Å². The maximum atomic E-state index is 4.50. The fraction of sp³-hybridized carbons (Fsp3) is 0.200. The Morgan fingerprint density at radius 1 is 1.14 bits per heavy atom. The van der Waals surface area contributed by atoms with Crippen LogP contribution in [0.15, 0.2) is 22.9 Å². The summed E-state index contributed by atoms with van der Waals surface area (Å²) in [6.45, 7) is 0. The first-order valence-electron chi connectivity index (χ1n) is 2.05. The zero-order valence-corrected chi connectivity index (χ0v) is 5.11. The summed E-state index contributed by atoms with van der Waals surface area (Å²) in [4.78, 5) is 0. The molecule has 7 heavy (non-hydrogen) atoms. The van der Waals surface area contributed by atoms with Gasteiger partial charge in [0.1, 0.15) is 0 Å². The lowest BCUT2D eigenvalue weighted by molar-refractivity contribution is 1.48. The van der Waals surface area contributed by atoms with E-state index in [0.29, 0.717) is 0 Å². The summed E-state index contributed by atoms with van der Waals surface area (Å²) >= 11 is 1.71. The van der Waals surface area contributed by atoms with Crippen molar-refractivity contribution >= 4 is 11.3 Å². The normalized spacial score (nSPS) is 6.57. The zero-order valence-electron chi connectivity index (χ0n) is 4.29. The number of rotatable bonds is 0. The van der Waals surface area contributed by atoms with Crippen LogP contribution in [-0.4, -0.2) is 7.05 Å². The molecule has 1 heterocycles. The second-order valence-corrected chi connectivity index (χ2v) is 1.61. The van der Waals surface area contributed by atoms with E-state index in [9.17, 15) is 0 Å². The SMILES string of the molecule is CN.c1ccsc1. The van der Waals surface area contributed by atoms with E-state index in [-0.39, 0.29) is 0 Å². The molecule has 0 aliphatic rings. The molecule has 1 aromatic rings.